The number of hydrogen-bond donors (Lipinski definition) is 0. The summed E-state index contributed by atoms with van der Waals surface area (Å²) < 4.78 is 0. The van der Waals surface area contributed by atoms with E-state index in [4.69, 9.17) is 0 Å². The minimum absolute atomic E-state index is 0.637. The van der Waals surface area contributed by atoms with Crippen LogP contribution >= 0.6 is 0 Å². The zero-order valence-electron chi connectivity index (χ0n) is 17.0. The number of rotatable bonds is 3. The Balaban J connectivity index is 1.84. The van der Waals surface area contributed by atoms with E-state index in [2.05, 4.69) is 79.6 Å². The fourth-order valence-electron chi connectivity index (χ4n) is 2.80. The highest BCUT2D eigenvalue weighted by molar-refractivity contribution is 5.53. The molecule has 0 heterocycles. The normalized spacial score (nSPS) is 13.8. The lowest BCUT2D eigenvalue weighted by Gasteiger charge is -2.03. The summed E-state index contributed by atoms with van der Waals surface area (Å²) in [7, 11) is 0. The van der Waals surface area contributed by atoms with Crippen LogP contribution in [0.2, 0.25) is 0 Å². The van der Waals surface area contributed by atoms with E-state index in [1.165, 1.54) is 24.0 Å². The first-order valence-electron chi connectivity index (χ1n) is 9.77. The van der Waals surface area contributed by atoms with Gasteiger partial charge >= 0.3 is 0 Å². The van der Waals surface area contributed by atoms with Crippen molar-refractivity contribution in [3.05, 3.63) is 106 Å². The standard InChI is InChI=1S/C28H26/c1-5-21(2)6-7-22(3)10-16-26-17-15-25(20-28(26)27-18-19-27)14-13-24-11-8-23(4)9-12-24/h5-9,11-12,15,17,20,27H,1,18-19H2,2-4H3/b21-6-,22-7+. The monoisotopic (exact) mass is 362 g/mol. The highest BCUT2D eigenvalue weighted by atomic mass is 14.3. The van der Waals surface area contributed by atoms with Crippen molar-refractivity contribution in [1.29, 1.82) is 0 Å². The predicted octanol–water partition coefficient (Wildman–Crippen LogP) is 6.70. The van der Waals surface area contributed by atoms with Gasteiger partial charge in [0.1, 0.15) is 0 Å². The smallest absolute Gasteiger partial charge is 0.0284 e. The highest BCUT2D eigenvalue weighted by Crippen LogP contribution is 2.41. The molecule has 0 unspecified atom stereocenters. The third-order valence-corrected chi connectivity index (χ3v) is 4.78. The predicted molar refractivity (Wildman–Crippen MR) is 120 cm³/mol. The van der Waals surface area contributed by atoms with Crippen molar-refractivity contribution in [1.82, 2.24) is 0 Å². The SMILES string of the molecule is C=C/C(C)=C\C=C(/C)C#Cc1ccc(C#Cc2ccc(C)cc2)cc1C1CC1. The van der Waals surface area contributed by atoms with E-state index in [1.54, 1.807) is 0 Å². The molecule has 1 saturated carbocycles. The molecule has 1 aliphatic rings. The lowest BCUT2D eigenvalue weighted by atomic mass is 10.00. The van der Waals surface area contributed by atoms with Gasteiger partial charge in [-0.25, -0.2) is 0 Å². The summed E-state index contributed by atoms with van der Waals surface area (Å²) in [5.74, 6) is 13.9. The summed E-state index contributed by atoms with van der Waals surface area (Å²) in [5, 5.41) is 0. The molecular formula is C28H26. The summed E-state index contributed by atoms with van der Waals surface area (Å²) in [5.41, 5.74) is 8.01. The molecule has 28 heavy (non-hydrogen) atoms. The molecule has 2 aromatic rings. The average molecular weight is 363 g/mol. The van der Waals surface area contributed by atoms with E-state index in [1.807, 2.05) is 32.1 Å². The van der Waals surface area contributed by atoms with E-state index < -0.39 is 0 Å². The number of aryl methyl sites for hydroxylation is 1. The molecule has 0 radical (unpaired) electrons. The van der Waals surface area contributed by atoms with Gasteiger partial charge < -0.3 is 0 Å². The molecule has 2 aromatic carbocycles. The number of allylic oxidation sites excluding steroid dienone is 5. The van der Waals surface area contributed by atoms with Crippen molar-refractivity contribution in [3.8, 4) is 23.7 Å². The molecule has 0 heteroatoms. The molecule has 0 spiro atoms. The molecule has 3 rings (SSSR count). The number of benzene rings is 2. The van der Waals surface area contributed by atoms with Crippen LogP contribution in [-0.2, 0) is 0 Å². The molecule has 0 nitrogen and oxygen atoms in total. The first-order chi connectivity index (χ1) is 13.5. The molecule has 0 aromatic heterocycles. The van der Waals surface area contributed by atoms with Crippen LogP contribution in [-0.4, -0.2) is 0 Å². The second-order valence-electron chi connectivity index (χ2n) is 7.41. The first kappa shape index (κ1) is 19.5. The summed E-state index contributed by atoms with van der Waals surface area (Å²) in [4.78, 5) is 0. The van der Waals surface area contributed by atoms with E-state index in [0.717, 1.165) is 27.8 Å². The Morgan fingerprint density at radius 3 is 2.29 bits per heavy atom. The van der Waals surface area contributed by atoms with E-state index >= 15 is 0 Å². The van der Waals surface area contributed by atoms with Gasteiger partial charge in [-0.05, 0) is 81.0 Å². The van der Waals surface area contributed by atoms with Crippen LogP contribution in [0.4, 0.5) is 0 Å². The zero-order valence-corrected chi connectivity index (χ0v) is 17.0. The topological polar surface area (TPSA) is 0 Å². The summed E-state index contributed by atoms with van der Waals surface area (Å²) in [6.45, 7) is 9.94. The maximum atomic E-state index is 3.77. The van der Waals surface area contributed by atoms with Gasteiger partial charge in [0.2, 0.25) is 0 Å². The van der Waals surface area contributed by atoms with Crippen molar-refractivity contribution in [3.63, 3.8) is 0 Å². The molecule has 1 fully saturated rings. The quantitative estimate of drug-likeness (QED) is 0.421. The Bertz CT molecular complexity index is 1050. The Hall–Kier alpha value is -3.22. The molecule has 0 bridgehead atoms. The lowest BCUT2D eigenvalue weighted by molar-refractivity contribution is 1.12. The van der Waals surface area contributed by atoms with Gasteiger partial charge in [-0.2, -0.15) is 0 Å². The van der Waals surface area contributed by atoms with Gasteiger partial charge in [0, 0.05) is 16.7 Å². The minimum atomic E-state index is 0.637. The molecule has 138 valence electrons. The van der Waals surface area contributed by atoms with E-state index in [0.29, 0.717) is 5.92 Å². The Kier molecular flexibility index (Phi) is 6.37. The van der Waals surface area contributed by atoms with Gasteiger partial charge in [-0.1, -0.05) is 71.8 Å². The van der Waals surface area contributed by atoms with Crippen molar-refractivity contribution in [2.24, 2.45) is 0 Å². The molecule has 0 amide bonds. The molecule has 0 saturated heterocycles. The fourth-order valence-corrected chi connectivity index (χ4v) is 2.80. The van der Waals surface area contributed by atoms with Crippen molar-refractivity contribution in [2.75, 3.05) is 0 Å². The van der Waals surface area contributed by atoms with Crippen molar-refractivity contribution < 1.29 is 0 Å². The Morgan fingerprint density at radius 1 is 0.929 bits per heavy atom. The first-order valence-corrected chi connectivity index (χ1v) is 9.77. The van der Waals surface area contributed by atoms with E-state index in [9.17, 15) is 0 Å². The van der Waals surface area contributed by atoms with Crippen LogP contribution in [0.1, 0.15) is 60.4 Å². The Labute approximate surface area is 169 Å². The van der Waals surface area contributed by atoms with Crippen LogP contribution in [0.25, 0.3) is 0 Å². The van der Waals surface area contributed by atoms with Crippen LogP contribution in [0.15, 0.2) is 78.4 Å². The van der Waals surface area contributed by atoms with Gasteiger partial charge in [0.05, 0.1) is 0 Å². The maximum Gasteiger partial charge on any atom is 0.0284 e. The van der Waals surface area contributed by atoms with E-state index in [-0.39, 0.29) is 0 Å². The highest BCUT2D eigenvalue weighted by Gasteiger charge is 2.25. The zero-order chi connectivity index (χ0) is 19.9. The third kappa shape index (κ3) is 5.64. The van der Waals surface area contributed by atoms with Crippen molar-refractivity contribution >= 4 is 0 Å². The average Bonchev–Trinajstić information content (AvgIpc) is 3.55. The van der Waals surface area contributed by atoms with Gasteiger partial charge in [-0.3, -0.25) is 0 Å². The summed E-state index contributed by atoms with van der Waals surface area (Å²) in [6, 6.07) is 14.8. The van der Waals surface area contributed by atoms with Gasteiger partial charge in [-0.15, -0.1) is 0 Å². The maximum absolute atomic E-state index is 3.77. The molecule has 0 N–H and O–H groups in total. The van der Waals surface area contributed by atoms with Crippen LogP contribution in [0.5, 0.6) is 0 Å². The van der Waals surface area contributed by atoms with Gasteiger partial charge in [0.15, 0.2) is 0 Å². The molecular weight excluding hydrogens is 336 g/mol. The van der Waals surface area contributed by atoms with Crippen molar-refractivity contribution in [2.45, 2.75) is 39.5 Å². The fraction of sp³-hybridized carbons (Fsp3) is 0.214. The third-order valence-electron chi connectivity index (χ3n) is 4.78. The minimum Gasteiger partial charge on any atom is -0.0988 e. The van der Waals surface area contributed by atoms with Crippen LogP contribution < -0.4 is 0 Å². The molecule has 1 aliphatic carbocycles. The second kappa shape index (κ2) is 9.12. The molecule has 0 atom stereocenters. The lowest BCUT2D eigenvalue weighted by Crippen LogP contribution is -1.89. The van der Waals surface area contributed by atoms with Crippen LogP contribution in [0.3, 0.4) is 0 Å². The molecule has 0 aliphatic heterocycles. The van der Waals surface area contributed by atoms with Gasteiger partial charge in [0.25, 0.3) is 0 Å². The second-order valence-corrected chi connectivity index (χ2v) is 7.41. The Morgan fingerprint density at radius 2 is 1.61 bits per heavy atom. The van der Waals surface area contributed by atoms with Crippen LogP contribution in [0, 0.1) is 30.6 Å². The largest absolute Gasteiger partial charge is 0.0988 e. The summed E-state index contributed by atoms with van der Waals surface area (Å²) >= 11 is 0. The summed E-state index contributed by atoms with van der Waals surface area (Å²) in [6.07, 6.45) is 8.43. The number of hydrogen-bond acceptors (Lipinski definition) is 0.